The van der Waals surface area contributed by atoms with Crippen LogP contribution in [0.3, 0.4) is 0 Å². The molecule has 0 amide bonds. The molecule has 0 saturated carbocycles. The lowest BCUT2D eigenvalue weighted by Gasteiger charge is -2.06. The molecule has 0 N–H and O–H groups in total. The summed E-state index contributed by atoms with van der Waals surface area (Å²) in [6.07, 6.45) is 1.65. The van der Waals surface area contributed by atoms with E-state index in [0.717, 1.165) is 10.5 Å². The Labute approximate surface area is 114 Å². The quantitative estimate of drug-likeness (QED) is 0.632. The zero-order valence-corrected chi connectivity index (χ0v) is 11.9. The number of carbonyl (C=O) groups excluding carboxylic acids is 1. The molecular weight excluding hydrogens is 256 g/mol. The van der Waals surface area contributed by atoms with E-state index in [1.807, 2.05) is 49.4 Å². The van der Waals surface area contributed by atoms with Gasteiger partial charge in [-0.25, -0.2) is 0 Å². The summed E-state index contributed by atoms with van der Waals surface area (Å²) in [6.45, 7) is 1.97. The van der Waals surface area contributed by atoms with Gasteiger partial charge in [0.15, 0.2) is 10.6 Å². The van der Waals surface area contributed by atoms with Crippen LogP contribution >= 0.6 is 0 Å². The summed E-state index contributed by atoms with van der Waals surface area (Å²) < 4.78 is 12.6. The van der Waals surface area contributed by atoms with E-state index in [1.165, 1.54) is 0 Å². The van der Waals surface area contributed by atoms with Crippen molar-refractivity contribution in [2.24, 2.45) is 0 Å². The van der Waals surface area contributed by atoms with Crippen LogP contribution in [0.2, 0.25) is 0 Å². The van der Waals surface area contributed by atoms with Crippen LogP contribution in [0.5, 0.6) is 0 Å². The Balaban J connectivity index is 2.19. The highest BCUT2D eigenvalue weighted by Gasteiger charge is 2.28. The first-order valence-corrected chi connectivity index (χ1v) is 8.24. The van der Waals surface area contributed by atoms with Crippen molar-refractivity contribution in [1.82, 2.24) is 0 Å². The average Bonchev–Trinajstić information content (AvgIpc) is 2.40. The highest BCUT2D eigenvalue weighted by molar-refractivity contribution is 8.03. The molecular formula is C16H17O2S+. The van der Waals surface area contributed by atoms with Crippen LogP contribution < -0.4 is 0 Å². The van der Waals surface area contributed by atoms with E-state index in [1.54, 1.807) is 18.4 Å². The van der Waals surface area contributed by atoms with E-state index in [9.17, 15) is 9.00 Å². The Morgan fingerprint density at radius 3 is 2.16 bits per heavy atom. The monoisotopic (exact) mass is 273 g/mol. The number of Topliss-reactive ketones (excluding diaryl/α,β-unsaturated/α-hetero) is 1. The van der Waals surface area contributed by atoms with Gasteiger partial charge >= 0.3 is 0 Å². The first-order chi connectivity index (χ1) is 8.99. The van der Waals surface area contributed by atoms with E-state index in [4.69, 9.17) is 0 Å². The van der Waals surface area contributed by atoms with Crippen molar-refractivity contribution in [2.45, 2.75) is 11.8 Å². The second-order valence-electron chi connectivity index (χ2n) is 4.75. The predicted octanol–water partition coefficient (Wildman–Crippen LogP) is 3.37. The van der Waals surface area contributed by atoms with Gasteiger partial charge in [0, 0.05) is 5.56 Å². The molecule has 3 heteroatoms. The first kappa shape index (κ1) is 13.7. The molecule has 1 atom stereocenters. The molecule has 0 spiro atoms. The SMILES string of the molecule is Cc1ccc(C(=O)C[S+](C)(=O)c2ccccc2)cc1. The summed E-state index contributed by atoms with van der Waals surface area (Å²) in [5, 5.41) is 0. The number of carbonyl (C=O) groups is 1. The average molecular weight is 273 g/mol. The second-order valence-corrected chi connectivity index (χ2v) is 7.52. The third-order valence-electron chi connectivity index (χ3n) is 3.02. The normalized spacial score (nSPS) is 13.8. The molecule has 0 radical (unpaired) electrons. The number of aryl methyl sites for hydroxylation is 1. The third-order valence-corrected chi connectivity index (χ3v) is 5.10. The lowest BCUT2D eigenvalue weighted by molar-refractivity contribution is 0.102. The van der Waals surface area contributed by atoms with Crippen LogP contribution in [0, 0.1) is 6.92 Å². The minimum atomic E-state index is -2.32. The molecule has 1 unspecified atom stereocenters. The molecule has 0 bridgehead atoms. The molecule has 2 aromatic carbocycles. The van der Waals surface area contributed by atoms with Crippen molar-refractivity contribution in [2.75, 3.05) is 12.0 Å². The van der Waals surface area contributed by atoms with Gasteiger partial charge in [-0.05, 0) is 19.1 Å². The van der Waals surface area contributed by atoms with Gasteiger partial charge in [0.1, 0.15) is 16.2 Å². The molecule has 2 rings (SSSR count). The number of benzene rings is 2. The summed E-state index contributed by atoms with van der Waals surface area (Å²) in [4.78, 5) is 12.9. The van der Waals surface area contributed by atoms with E-state index in [-0.39, 0.29) is 11.5 Å². The third kappa shape index (κ3) is 3.38. The highest BCUT2D eigenvalue weighted by Crippen LogP contribution is 2.18. The minimum Gasteiger partial charge on any atom is -0.289 e. The molecule has 0 aliphatic carbocycles. The highest BCUT2D eigenvalue weighted by atomic mass is 32.2. The van der Waals surface area contributed by atoms with Crippen molar-refractivity contribution >= 4 is 15.7 Å². The van der Waals surface area contributed by atoms with Gasteiger partial charge in [0.2, 0.25) is 5.78 Å². The largest absolute Gasteiger partial charge is 0.289 e. The number of hydrogen-bond acceptors (Lipinski definition) is 2. The van der Waals surface area contributed by atoms with Gasteiger partial charge in [-0.1, -0.05) is 52.2 Å². The zero-order valence-electron chi connectivity index (χ0n) is 11.1. The Morgan fingerprint density at radius 2 is 1.58 bits per heavy atom. The number of ketones is 1. The van der Waals surface area contributed by atoms with Gasteiger partial charge in [0.25, 0.3) is 0 Å². The molecule has 2 aromatic rings. The topological polar surface area (TPSA) is 34.1 Å². The summed E-state index contributed by atoms with van der Waals surface area (Å²) in [5.74, 6) is -0.0172. The maximum atomic E-state index is 12.6. The Kier molecular flexibility index (Phi) is 3.96. The van der Waals surface area contributed by atoms with Crippen molar-refractivity contribution < 1.29 is 9.00 Å². The molecule has 0 aliphatic rings. The first-order valence-electron chi connectivity index (χ1n) is 6.11. The fourth-order valence-corrected chi connectivity index (χ4v) is 3.43. The summed E-state index contributed by atoms with van der Waals surface area (Å²) in [5.41, 5.74) is 1.73. The lowest BCUT2D eigenvalue weighted by Crippen LogP contribution is -2.21. The summed E-state index contributed by atoms with van der Waals surface area (Å²) in [7, 11) is -2.32. The second kappa shape index (κ2) is 5.49. The van der Waals surface area contributed by atoms with Crippen LogP contribution in [0.15, 0.2) is 59.5 Å². The van der Waals surface area contributed by atoms with Gasteiger partial charge in [0.05, 0.1) is 0 Å². The maximum absolute atomic E-state index is 12.6. The number of hydrogen-bond donors (Lipinski definition) is 0. The standard InChI is InChI=1S/C16H17O2S/c1-13-8-10-14(11-9-13)16(17)12-19(2,18)15-6-4-3-5-7-15/h3-11H,12H2,1-2H3/q+1. The lowest BCUT2D eigenvalue weighted by atomic mass is 10.1. The van der Waals surface area contributed by atoms with Gasteiger partial charge in [-0.3, -0.25) is 4.79 Å². The fourth-order valence-electron chi connectivity index (χ4n) is 1.86. The van der Waals surface area contributed by atoms with E-state index >= 15 is 0 Å². The van der Waals surface area contributed by atoms with Crippen LogP contribution in [0.1, 0.15) is 15.9 Å². The predicted molar refractivity (Wildman–Crippen MR) is 79.1 cm³/mol. The van der Waals surface area contributed by atoms with Crippen LogP contribution in [-0.4, -0.2) is 17.8 Å². The van der Waals surface area contributed by atoms with Crippen molar-refractivity contribution in [3.8, 4) is 0 Å². The maximum Gasteiger partial charge on any atom is 0.212 e. The molecule has 19 heavy (non-hydrogen) atoms. The molecule has 0 heterocycles. The fraction of sp³-hybridized carbons (Fsp3) is 0.188. The van der Waals surface area contributed by atoms with Crippen molar-refractivity contribution in [1.29, 1.82) is 0 Å². The van der Waals surface area contributed by atoms with Crippen molar-refractivity contribution in [3.63, 3.8) is 0 Å². The smallest absolute Gasteiger partial charge is 0.212 e. The molecule has 0 aromatic heterocycles. The molecule has 0 saturated heterocycles. The zero-order chi connectivity index (χ0) is 13.9. The van der Waals surface area contributed by atoms with Gasteiger partial charge < -0.3 is 0 Å². The van der Waals surface area contributed by atoms with Crippen LogP contribution in [-0.2, 0) is 14.1 Å². The molecule has 98 valence electrons. The van der Waals surface area contributed by atoms with Crippen LogP contribution in [0.25, 0.3) is 0 Å². The Hall–Kier alpha value is -1.74. The minimum absolute atomic E-state index is 0.0556. The summed E-state index contributed by atoms with van der Waals surface area (Å²) in [6, 6.07) is 16.6. The Bertz CT molecular complexity index is 615. The Morgan fingerprint density at radius 1 is 1.00 bits per heavy atom. The molecule has 0 fully saturated rings. The van der Waals surface area contributed by atoms with Gasteiger partial charge in [-0.15, -0.1) is 0 Å². The molecule has 0 aliphatic heterocycles. The molecule has 2 nitrogen and oxygen atoms in total. The van der Waals surface area contributed by atoms with E-state index in [0.29, 0.717) is 5.56 Å². The van der Waals surface area contributed by atoms with E-state index < -0.39 is 9.93 Å². The van der Waals surface area contributed by atoms with Crippen LogP contribution in [0.4, 0.5) is 0 Å². The van der Waals surface area contributed by atoms with E-state index in [2.05, 4.69) is 0 Å². The summed E-state index contributed by atoms with van der Waals surface area (Å²) >= 11 is 0. The van der Waals surface area contributed by atoms with Gasteiger partial charge in [-0.2, -0.15) is 0 Å². The number of rotatable bonds is 4. The van der Waals surface area contributed by atoms with Crippen molar-refractivity contribution in [3.05, 3.63) is 65.7 Å².